The summed E-state index contributed by atoms with van der Waals surface area (Å²) in [6.45, 7) is 0. The second-order valence-corrected chi connectivity index (χ2v) is 7.28. The first kappa shape index (κ1) is 18.1. The number of hydrogen-bond donors (Lipinski definition) is 2. The number of benzene rings is 4. The van der Waals surface area contributed by atoms with E-state index in [2.05, 4.69) is 54.6 Å². The highest BCUT2D eigenvalue weighted by Crippen LogP contribution is 2.30. The fraction of sp³-hybridized carbons (Fsp3) is 0.154. The molecule has 0 spiro atoms. The first-order valence-corrected chi connectivity index (χ1v) is 9.74. The number of aromatic hydroxyl groups is 2. The average molecular weight is 368 g/mol. The predicted molar refractivity (Wildman–Crippen MR) is 115 cm³/mol. The minimum absolute atomic E-state index is 0.0440. The quantitative estimate of drug-likeness (QED) is 0.421. The fourth-order valence-corrected chi connectivity index (χ4v) is 3.73. The second kappa shape index (κ2) is 8.18. The van der Waals surface area contributed by atoms with Crippen LogP contribution >= 0.6 is 0 Å². The molecule has 0 aromatic heterocycles. The summed E-state index contributed by atoms with van der Waals surface area (Å²) in [5, 5.41) is 22.5. The van der Waals surface area contributed by atoms with Gasteiger partial charge in [0, 0.05) is 0 Å². The van der Waals surface area contributed by atoms with E-state index in [0.717, 1.165) is 36.8 Å². The molecule has 0 aliphatic heterocycles. The highest BCUT2D eigenvalue weighted by atomic mass is 16.3. The summed E-state index contributed by atoms with van der Waals surface area (Å²) in [5.41, 5.74) is 4.75. The Bertz CT molecular complexity index is 1080. The molecule has 140 valence electrons. The van der Waals surface area contributed by atoms with Crippen LogP contribution in [0.5, 0.6) is 11.5 Å². The van der Waals surface area contributed by atoms with E-state index >= 15 is 0 Å². The molecule has 0 aliphatic carbocycles. The van der Waals surface area contributed by atoms with Gasteiger partial charge in [-0.05, 0) is 70.8 Å². The Hall–Kier alpha value is -3.26. The molecule has 0 aliphatic rings. The molecule has 0 saturated carbocycles. The summed E-state index contributed by atoms with van der Waals surface area (Å²) in [5.74, 6) is -0.0884. The van der Waals surface area contributed by atoms with Gasteiger partial charge in [-0.2, -0.15) is 0 Å². The van der Waals surface area contributed by atoms with Crippen LogP contribution in [0.3, 0.4) is 0 Å². The van der Waals surface area contributed by atoms with Crippen molar-refractivity contribution in [1.29, 1.82) is 0 Å². The molecular weight excluding hydrogens is 344 g/mol. The first-order valence-electron chi connectivity index (χ1n) is 9.74. The molecule has 2 N–H and O–H groups in total. The van der Waals surface area contributed by atoms with E-state index in [1.807, 2.05) is 18.2 Å². The maximum absolute atomic E-state index is 10.00. The molecule has 2 nitrogen and oxygen atoms in total. The smallest absolute Gasteiger partial charge is 0.157 e. The standard InChI is InChI=1S/C26H24O2/c27-25-17-23(14-10-19-6-2-1-3-7-19)24(18-26(25)28)15-12-20-11-13-21-8-4-5-9-22(21)16-20/h1-9,11,13,16-18,27-28H,10,12,14-15H2. The third-order valence-electron chi connectivity index (χ3n) is 5.32. The van der Waals surface area contributed by atoms with Gasteiger partial charge in [0.15, 0.2) is 11.5 Å². The van der Waals surface area contributed by atoms with E-state index in [9.17, 15) is 10.2 Å². The Kier molecular flexibility index (Phi) is 5.29. The maximum Gasteiger partial charge on any atom is 0.157 e. The van der Waals surface area contributed by atoms with Crippen LogP contribution in [0, 0.1) is 0 Å². The summed E-state index contributed by atoms with van der Waals surface area (Å²) < 4.78 is 0. The van der Waals surface area contributed by atoms with Crippen molar-refractivity contribution in [1.82, 2.24) is 0 Å². The van der Waals surface area contributed by atoms with E-state index in [-0.39, 0.29) is 11.5 Å². The average Bonchev–Trinajstić information content (AvgIpc) is 2.74. The van der Waals surface area contributed by atoms with Gasteiger partial charge < -0.3 is 10.2 Å². The van der Waals surface area contributed by atoms with E-state index in [0.29, 0.717) is 0 Å². The summed E-state index contributed by atoms with van der Waals surface area (Å²) >= 11 is 0. The SMILES string of the molecule is Oc1cc(CCc2ccccc2)c(CCc2ccc3ccccc3c2)cc1O. The van der Waals surface area contributed by atoms with Crippen LogP contribution in [0.4, 0.5) is 0 Å². The molecule has 0 unspecified atom stereocenters. The van der Waals surface area contributed by atoms with Crippen LogP contribution in [-0.4, -0.2) is 10.2 Å². The van der Waals surface area contributed by atoms with Gasteiger partial charge in [0.05, 0.1) is 0 Å². The van der Waals surface area contributed by atoms with Crippen molar-refractivity contribution in [3.63, 3.8) is 0 Å². The van der Waals surface area contributed by atoms with Gasteiger partial charge in [0.2, 0.25) is 0 Å². The van der Waals surface area contributed by atoms with Crippen LogP contribution in [0.1, 0.15) is 22.3 Å². The van der Waals surface area contributed by atoms with Gasteiger partial charge in [0.1, 0.15) is 0 Å². The summed E-state index contributed by atoms with van der Waals surface area (Å²) in [6.07, 6.45) is 3.47. The van der Waals surface area contributed by atoms with Crippen molar-refractivity contribution in [2.45, 2.75) is 25.7 Å². The number of hydrogen-bond acceptors (Lipinski definition) is 2. The maximum atomic E-state index is 10.00. The Balaban J connectivity index is 1.53. The molecule has 4 aromatic rings. The fourth-order valence-electron chi connectivity index (χ4n) is 3.73. The highest BCUT2D eigenvalue weighted by molar-refractivity contribution is 5.83. The lowest BCUT2D eigenvalue weighted by Gasteiger charge is -2.12. The lowest BCUT2D eigenvalue weighted by atomic mass is 9.94. The third kappa shape index (κ3) is 4.17. The van der Waals surface area contributed by atoms with Crippen molar-refractivity contribution in [3.8, 4) is 11.5 Å². The molecule has 0 atom stereocenters. The molecule has 0 heterocycles. The summed E-state index contributed by atoms with van der Waals surface area (Å²) in [7, 11) is 0. The van der Waals surface area contributed by atoms with Crippen LogP contribution < -0.4 is 0 Å². The van der Waals surface area contributed by atoms with E-state index in [1.165, 1.54) is 21.9 Å². The van der Waals surface area contributed by atoms with Crippen LogP contribution in [0.15, 0.2) is 84.9 Å². The molecule has 4 rings (SSSR count). The largest absolute Gasteiger partial charge is 0.504 e. The van der Waals surface area contributed by atoms with Crippen molar-refractivity contribution >= 4 is 10.8 Å². The molecule has 28 heavy (non-hydrogen) atoms. The molecule has 0 fully saturated rings. The molecule has 2 heteroatoms. The molecule has 0 amide bonds. The zero-order valence-corrected chi connectivity index (χ0v) is 15.8. The first-order chi connectivity index (χ1) is 13.7. The van der Waals surface area contributed by atoms with Crippen molar-refractivity contribution in [3.05, 3.63) is 107 Å². The zero-order valence-electron chi connectivity index (χ0n) is 15.8. The minimum Gasteiger partial charge on any atom is -0.504 e. The number of rotatable bonds is 6. The minimum atomic E-state index is -0.0445. The van der Waals surface area contributed by atoms with Crippen molar-refractivity contribution < 1.29 is 10.2 Å². The Morgan fingerprint density at radius 2 is 1.04 bits per heavy atom. The van der Waals surface area contributed by atoms with Crippen molar-refractivity contribution in [2.24, 2.45) is 0 Å². The number of phenolic OH excluding ortho intramolecular Hbond substituents is 2. The van der Waals surface area contributed by atoms with E-state index in [4.69, 9.17) is 0 Å². The van der Waals surface area contributed by atoms with Crippen LogP contribution in [0.25, 0.3) is 10.8 Å². The van der Waals surface area contributed by atoms with E-state index in [1.54, 1.807) is 12.1 Å². The Labute approximate surface area is 165 Å². The zero-order chi connectivity index (χ0) is 19.3. The van der Waals surface area contributed by atoms with Gasteiger partial charge in [-0.15, -0.1) is 0 Å². The topological polar surface area (TPSA) is 40.5 Å². The molecule has 0 saturated heterocycles. The number of aryl methyl sites for hydroxylation is 4. The monoisotopic (exact) mass is 368 g/mol. The van der Waals surface area contributed by atoms with Gasteiger partial charge in [-0.25, -0.2) is 0 Å². The van der Waals surface area contributed by atoms with Crippen molar-refractivity contribution in [2.75, 3.05) is 0 Å². The van der Waals surface area contributed by atoms with Gasteiger partial charge in [0.25, 0.3) is 0 Å². The Morgan fingerprint density at radius 3 is 1.71 bits per heavy atom. The van der Waals surface area contributed by atoms with Gasteiger partial charge in [-0.3, -0.25) is 0 Å². The molecule has 0 radical (unpaired) electrons. The van der Waals surface area contributed by atoms with Gasteiger partial charge >= 0.3 is 0 Å². The highest BCUT2D eigenvalue weighted by Gasteiger charge is 2.10. The second-order valence-electron chi connectivity index (χ2n) is 7.28. The molecule has 4 aromatic carbocycles. The van der Waals surface area contributed by atoms with Gasteiger partial charge in [-0.1, -0.05) is 72.8 Å². The summed E-state index contributed by atoms with van der Waals surface area (Å²) in [4.78, 5) is 0. The number of fused-ring (bicyclic) bond motifs is 1. The molecule has 0 bridgehead atoms. The third-order valence-corrected chi connectivity index (χ3v) is 5.32. The van der Waals surface area contributed by atoms with E-state index < -0.39 is 0 Å². The molecular formula is C26H24O2. The Morgan fingerprint density at radius 1 is 0.464 bits per heavy atom. The van der Waals surface area contributed by atoms with Crippen LogP contribution in [0.2, 0.25) is 0 Å². The predicted octanol–water partition coefficient (Wildman–Crippen LogP) is 5.82. The normalized spacial score (nSPS) is 11.0. The summed E-state index contributed by atoms with van der Waals surface area (Å²) in [6, 6.07) is 28.7. The number of phenols is 2. The van der Waals surface area contributed by atoms with Crippen LogP contribution in [-0.2, 0) is 25.7 Å². The lowest BCUT2D eigenvalue weighted by Crippen LogP contribution is -2.00. The lowest BCUT2D eigenvalue weighted by molar-refractivity contribution is 0.402.